The summed E-state index contributed by atoms with van der Waals surface area (Å²) in [6.45, 7) is 8.87. The van der Waals surface area contributed by atoms with Crippen LogP contribution in [-0.2, 0) is 15.6 Å². The number of halogens is 2. The monoisotopic (exact) mass is 458 g/mol. The summed E-state index contributed by atoms with van der Waals surface area (Å²) in [5.74, 6) is -0.143. The molecule has 29 heavy (non-hydrogen) atoms. The van der Waals surface area contributed by atoms with E-state index in [1.54, 1.807) is 19.9 Å². The average molecular weight is 459 g/mol. The van der Waals surface area contributed by atoms with Crippen LogP contribution in [-0.4, -0.2) is 13.5 Å². The van der Waals surface area contributed by atoms with Gasteiger partial charge in [0.1, 0.15) is 20.2 Å². The van der Waals surface area contributed by atoms with Crippen molar-refractivity contribution in [2.45, 2.75) is 56.3 Å². The van der Waals surface area contributed by atoms with E-state index >= 15 is 0 Å². The van der Waals surface area contributed by atoms with Crippen molar-refractivity contribution in [1.82, 2.24) is 4.72 Å². The lowest BCUT2D eigenvalue weighted by molar-refractivity contribution is 0.0790. The molecule has 3 N–H and O–H groups in total. The standard InChI is InChI=1S/C20H24ClFN2O3S2/c1-10(2)13-7-12(22)8-14-11(3)6-16(23-18(13)14)24-29(26,27)17-9-15(19(21)28-17)20(4,5)25/h6-11,23-25H,1-5H3. The molecule has 3 rings (SSSR count). The van der Waals surface area contributed by atoms with Crippen molar-refractivity contribution in [3.63, 3.8) is 0 Å². The molecule has 1 atom stereocenters. The summed E-state index contributed by atoms with van der Waals surface area (Å²) >= 11 is 7.02. The summed E-state index contributed by atoms with van der Waals surface area (Å²) in [5.41, 5.74) is 1.37. The molecule has 0 spiro atoms. The predicted molar refractivity (Wildman–Crippen MR) is 116 cm³/mol. The van der Waals surface area contributed by atoms with Crippen LogP contribution in [0.15, 0.2) is 34.3 Å². The lowest BCUT2D eigenvalue weighted by Gasteiger charge is -2.27. The highest BCUT2D eigenvalue weighted by Gasteiger charge is 2.29. The molecule has 0 saturated heterocycles. The Bertz CT molecular complexity index is 1090. The van der Waals surface area contributed by atoms with Crippen LogP contribution >= 0.6 is 22.9 Å². The van der Waals surface area contributed by atoms with Crippen LogP contribution in [0.25, 0.3) is 0 Å². The Morgan fingerprint density at radius 3 is 2.52 bits per heavy atom. The van der Waals surface area contributed by atoms with Crippen LogP contribution in [0.5, 0.6) is 0 Å². The number of rotatable bonds is 5. The minimum atomic E-state index is -3.92. The number of hydrogen-bond donors (Lipinski definition) is 3. The minimum absolute atomic E-state index is 0.00367. The Morgan fingerprint density at radius 2 is 1.97 bits per heavy atom. The van der Waals surface area contributed by atoms with Gasteiger partial charge in [0, 0.05) is 17.2 Å². The van der Waals surface area contributed by atoms with Crippen molar-refractivity contribution < 1.29 is 17.9 Å². The molecule has 2 heterocycles. The fraction of sp³-hybridized carbons (Fsp3) is 0.400. The van der Waals surface area contributed by atoms with Crippen molar-refractivity contribution in [2.24, 2.45) is 0 Å². The second kappa shape index (κ2) is 7.58. The SMILES string of the molecule is CC(C)c1cc(F)cc2c1NC(NS(=O)(=O)c1cc(C(C)(C)O)c(Cl)s1)=CC2C. The molecule has 1 aliphatic heterocycles. The second-order valence-electron chi connectivity index (χ2n) is 8.03. The number of thiophene rings is 1. The Morgan fingerprint density at radius 1 is 1.31 bits per heavy atom. The maximum Gasteiger partial charge on any atom is 0.272 e. The Kier molecular flexibility index (Phi) is 5.77. The zero-order chi connectivity index (χ0) is 21.7. The fourth-order valence-electron chi connectivity index (χ4n) is 3.28. The molecule has 0 bridgehead atoms. The zero-order valence-electron chi connectivity index (χ0n) is 16.8. The van der Waals surface area contributed by atoms with Gasteiger partial charge in [0.05, 0.1) is 5.60 Å². The highest BCUT2D eigenvalue weighted by molar-refractivity contribution is 7.91. The summed E-state index contributed by atoms with van der Waals surface area (Å²) in [6.07, 6.45) is 1.70. The Hall–Kier alpha value is -1.61. The van der Waals surface area contributed by atoms with Gasteiger partial charge >= 0.3 is 0 Å². The van der Waals surface area contributed by atoms with Crippen molar-refractivity contribution >= 4 is 38.6 Å². The van der Waals surface area contributed by atoms with Gasteiger partial charge in [0.15, 0.2) is 0 Å². The average Bonchev–Trinajstić information content (AvgIpc) is 2.97. The molecule has 0 aliphatic carbocycles. The fourth-order valence-corrected chi connectivity index (χ4v) is 6.32. The Labute approximate surface area is 179 Å². The molecule has 1 aliphatic rings. The molecular formula is C20H24ClFN2O3S2. The van der Waals surface area contributed by atoms with E-state index < -0.39 is 15.6 Å². The number of hydrogen-bond acceptors (Lipinski definition) is 5. The second-order valence-corrected chi connectivity index (χ2v) is 11.6. The summed E-state index contributed by atoms with van der Waals surface area (Å²) in [7, 11) is -3.92. The zero-order valence-corrected chi connectivity index (χ0v) is 19.2. The van der Waals surface area contributed by atoms with Crippen molar-refractivity contribution in [3.8, 4) is 0 Å². The quantitative estimate of drug-likeness (QED) is 0.572. The largest absolute Gasteiger partial charge is 0.386 e. The molecule has 5 nitrogen and oxygen atoms in total. The molecule has 1 aromatic carbocycles. The molecule has 0 radical (unpaired) electrons. The van der Waals surface area contributed by atoms with E-state index in [0.717, 1.165) is 28.2 Å². The van der Waals surface area contributed by atoms with E-state index in [0.29, 0.717) is 11.4 Å². The van der Waals surface area contributed by atoms with Gasteiger partial charge in [0.2, 0.25) is 0 Å². The van der Waals surface area contributed by atoms with Gasteiger partial charge in [-0.3, -0.25) is 4.72 Å². The lowest BCUT2D eigenvalue weighted by atomic mass is 9.89. The number of sulfonamides is 1. The smallest absolute Gasteiger partial charge is 0.272 e. The van der Waals surface area contributed by atoms with E-state index in [2.05, 4.69) is 10.0 Å². The summed E-state index contributed by atoms with van der Waals surface area (Å²) in [4.78, 5) is 0. The van der Waals surface area contributed by atoms with Crippen LogP contribution in [0.3, 0.4) is 0 Å². The van der Waals surface area contributed by atoms with Crippen LogP contribution in [0.2, 0.25) is 4.34 Å². The third-order valence-electron chi connectivity index (χ3n) is 4.79. The third-order valence-corrected chi connectivity index (χ3v) is 7.98. The highest BCUT2D eigenvalue weighted by Crippen LogP contribution is 2.39. The topological polar surface area (TPSA) is 78.4 Å². The lowest BCUT2D eigenvalue weighted by Crippen LogP contribution is -2.29. The van der Waals surface area contributed by atoms with Gasteiger partial charge in [0.25, 0.3) is 10.0 Å². The van der Waals surface area contributed by atoms with Crippen LogP contribution in [0, 0.1) is 5.82 Å². The molecule has 0 amide bonds. The number of anilines is 1. The first kappa shape index (κ1) is 22.1. The molecule has 1 unspecified atom stereocenters. The number of allylic oxidation sites excluding steroid dienone is 1. The van der Waals surface area contributed by atoms with Crippen LogP contribution in [0.4, 0.5) is 10.1 Å². The van der Waals surface area contributed by atoms with Gasteiger partial charge in [-0.25, -0.2) is 12.8 Å². The van der Waals surface area contributed by atoms with Gasteiger partial charge in [-0.1, -0.05) is 32.4 Å². The maximum absolute atomic E-state index is 14.0. The van der Waals surface area contributed by atoms with Crippen molar-refractivity contribution in [2.75, 3.05) is 5.32 Å². The Balaban J connectivity index is 1.95. The van der Waals surface area contributed by atoms with E-state index in [-0.39, 0.29) is 26.2 Å². The number of fused-ring (bicyclic) bond motifs is 1. The molecule has 9 heteroatoms. The molecule has 158 valence electrons. The number of nitrogens with one attached hydrogen (secondary N) is 2. The van der Waals surface area contributed by atoms with E-state index in [9.17, 15) is 17.9 Å². The first-order chi connectivity index (χ1) is 13.3. The van der Waals surface area contributed by atoms with Crippen molar-refractivity contribution in [3.05, 3.63) is 56.9 Å². The molecular weight excluding hydrogens is 435 g/mol. The van der Waals surface area contributed by atoms with Crippen molar-refractivity contribution in [1.29, 1.82) is 0 Å². The molecule has 2 aromatic rings. The predicted octanol–water partition coefficient (Wildman–Crippen LogP) is 5.24. The summed E-state index contributed by atoms with van der Waals surface area (Å²) in [6, 6.07) is 4.32. The first-order valence-corrected chi connectivity index (χ1v) is 11.8. The van der Waals surface area contributed by atoms with Crippen LogP contribution in [0.1, 0.15) is 63.1 Å². The highest BCUT2D eigenvalue weighted by atomic mass is 35.5. The minimum Gasteiger partial charge on any atom is -0.386 e. The first-order valence-electron chi connectivity index (χ1n) is 9.16. The van der Waals surface area contributed by atoms with Gasteiger partial charge in [-0.05, 0) is 55.2 Å². The van der Waals surface area contributed by atoms with Crippen LogP contribution < -0.4 is 10.0 Å². The molecule has 0 saturated carbocycles. The van der Waals surface area contributed by atoms with Gasteiger partial charge < -0.3 is 10.4 Å². The van der Waals surface area contributed by atoms with Gasteiger partial charge in [-0.15, -0.1) is 11.3 Å². The normalized spacial score (nSPS) is 17.0. The number of aliphatic hydroxyl groups is 1. The number of benzene rings is 1. The van der Waals surface area contributed by atoms with E-state index in [1.165, 1.54) is 18.2 Å². The van der Waals surface area contributed by atoms with E-state index in [1.807, 2.05) is 20.8 Å². The maximum atomic E-state index is 14.0. The molecule has 0 fully saturated rings. The summed E-state index contributed by atoms with van der Waals surface area (Å²) in [5, 5.41) is 13.3. The molecule has 1 aromatic heterocycles. The summed E-state index contributed by atoms with van der Waals surface area (Å²) < 4.78 is 42.6. The van der Waals surface area contributed by atoms with E-state index in [4.69, 9.17) is 11.6 Å². The van der Waals surface area contributed by atoms with Gasteiger partial charge in [-0.2, -0.15) is 0 Å². The third kappa shape index (κ3) is 4.45.